The first-order chi connectivity index (χ1) is 11.3. The largest absolute Gasteiger partial charge is 0.351 e. The fraction of sp³-hybridized carbons (Fsp3) is 0.200. The number of H-pyrrole nitrogens is 1. The first-order valence-corrected chi connectivity index (χ1v) is 8.88. The molecule has 0 aliphatic carbocycles. The molecule has 3 heterocycles. The minimum Gasteiger partial charge on any atom is -0.351 e. The Morgan fingerprint density at radius 3 is 3.09 bits per heavy atom. The first kappa shape index (κ1) is 15.7. The lowest BCUT2D eigenvalue weighted by molar-refractivity contribution is -0.118. The zero-order valence-corrected chi connectivity index (χ0v) is 13.9. The van der Waals surface area contributed by atoms with Crippen molar-refractivity contribution in [3.63, 3.8) is 0 Å². The molecule has 0 saturated heterocycles. The fourth-order valence-corrected chi connectivity index (χ4v) is 3.24. The highest BCUT2D eigenvalue weighted by atomic mass is 32.2. The molecule has 0 radical (unpaired) electrons. The molecule has 0 saturated carbocycles. The molecule has 118 valence electrons. The number of carbonyl (C=O) groups excluding carboxylic acids is 1. The summed E-state index contributed by atoms with van der Waals surface area (Å²) in [6.45, 7) is 0.477. The van der Waals surface area contributed by atoms with E-state index in [1.807, 2.05) is 23.6 Å². The summed E-state index contributed by atoms with van der Waals surface area (Å²) < 4.78 is 0. The maximum absolute atomic E-state index is 11.8. The van der Waals surface area contributed by atoms with Crippen molar-refractivity contribution in [2.75, 3.05) is 5.75 Å². The van der Waals surface area contributed by atoms with Crippen LogP contribution in [-0.4, -0.2) is 31.8 Å². The van der Waals surface area contributed by atoms with Gasteiger partial charge in [-0.2, -0.15) is 0 Å². The van der Waals surface area contributed by atoms with E-state index in [2.05, 4.69) is 31.5 Å². The summed E-state index contributed by atoms with van der Waals surface area (Å²) in [4.78, 5) is 21.5. The number of hydrogen-bond acceptors (Lipinski definition) is 6. The molecule has 0 aromatic carbocycles. The summed E-state index contributed by atoms with van der Waals surface area (Å²) >= 11 is 3.01. The lowest BCUT2D eigenvalue weighted by Crippen LogP contribution is -2.24. The van der Waals surface area contributed by atoms with Gasteiger partial charge in [0.1, 0.15) is 5.82 Å². The minimum absolute atomic E-state index is 0.0524. The maximum Gasteiger partial charge on any atom is 0.230 e. The molecule has 2 N–H and O–H groups in total. The van der Waals surface area contributed by atoms with Crippen molar-refractivity contribution < 1.29 is 4.79 Å². The van der Waals surface area contributed by atoms with Gasteiger partial charge < -0.3 is 5.32 Å². The highest BCUT2D eigenvalue weighted by Gasteiger charge is 2.08. The molecule has 0 unspecified atom stereocenters. The summed E-state index contributed by atoms with van der Waals surface area (Å²) in [5.74, 6) is 1.05. The van der Waals surface area contributed by atoms with Crippen LogP contribution >= 0.6 is 23.1 Å². The topological polar surface area (TPSA) is 83.6 Å². The van der Waals surface area contributed by atoms with Crippen LogP contribution in [0.25, 0.3) is 0 Å². The van der Waals surface area contributed by atoms with Gasteiger partial charge in [-0.15, -0.1) is 16.4 Å². The van der Waals surface area contributed by atoms with Crippen molar-refractivity contribution in [3.8, 4) is 0 Å². The van der Waals surface area contributed by atoms with Crippen LogP contribution in [0.2, 0.25) is 0 Å². The summed E-state index contributed by atoms with van der Waals surface area (Å²) in [6.07, 6.45) is 4.18. The van der Waals surface area contributed by atoms with Crippen LogP contribution in [0.5, 0.6) is 0 Å². The van der Waals surface area contributed by atoms with E-state index in [0.29, 0.717) is 11.7 Å². The average Bonchev–Trinajstić information content (AvgIpc) is 3.24. The molecule has 0 aliphatic heterocycles. The molecule has 6 nitrogen and oxygen atoms in total. The van der Waals surface area contributed by atoms with Gasteiger partial charge in [-0.05, 0) is 23.1 Å². The third-order valence-electron chi connectivity index (χ3n) is 2.98. The van der Waals surface area contributed by atoms with Gasteiger partial charge >= 0.3 is 0 Å². The van der Waals surface area contributed by atoms with Crippen molar-refractivity contribution in [3.05, 3.63) is 58.3 Å². The van der Waals surface area contributed by atoms with Gasteiger partial charge in [0.05, 0.1) is 5.75 Å². The van der Waals surface area contributed by atoms with E-state index >= 15 is 0 Å². The Balaban J connectivity index is 1.43. The highest BCUT2D eigenvalue weighted by molar-refractivity contribution is 7.99. The normalized spacial score (nSPS) is 10.6. The smallest absolute Gasteiger partial charge is 0.230 e. The molecule has 3 aromatic heterocycles. The number of carbonyl (C=O) groups is 1. The standard InChI is InChI=1S/C15H15N5OS2/c21-14(17-9-11-3-1-5-16-8-11)10-23-15-18-13(19-20-15)7-12-4-2-6-22-12/h1-6,8H,7,9-10H2,(H,17,21)(H,18,19,20). The van der Waals surface area contributed by atoms with E-state index in [1.165, 1.54) is 16.6 Å². The Hall–Kier alpha value is -2.19. The second kappa shape index (κ2) is 7.89. The quantitative estimate of drug-likeness (QED) is 0.642. The van der Waals surface area contributed by atoms with E-state index in [9.17, 15) is 4.79 Å². The van der Waals surface area contributed by atoms with Gasteiger partial charge in [-0.1, -0.05) is 23.9 Å². The number of pyridine rings is 1. The molecule has 0 aliphatic rings. The van der Waals surface area contributed by atoms with Gasteiger partial charge in [0.2, 0.25) is 11.1 Å². The SMILES string of the molecule is O=C(CSc1n[nH]c(Cc2cccs2)n1)NCc1cccnc1. The van der Waals surface area contributed by atoms with Crippen LogP contribution in [0, 0.1) is 0 Å². The second-order valence-electron chi connectivity index (χ2n) is 4.75. The molecule has 3 aromatic rings. The minimum atomic E-state index is -0.0524. The lowest BCUT2D eigenvalue weighted by Gasteiger charge is -2.03. The molecule has 23 heavy (non-hydrogen) atoms. The van der Waals surface area contributed by atoms with Gasteiger partial charge in [-0.25, -0.2) is 4.98 Å². The number of thiophene rings is 1. The number of aromatic amines is 1. The Bertz CT molecular complexity index is 742. The van der Waals surface area contributed by atoms with E-state index in [0.717, 1.165) is 17.8 Å². The predicted octanol–water partition coefficient (Wildman–Crippen LogP) is 2.26. The monoisotopic (exact) mass is 345 g/mol. The first-order valence-electron chi connectivity index (χ1n) is 7.01. The van der Waals surface area contributed by atoms with Gasteiger partial charge in [0, 0.05) is 30.2 Å². The Morgan fingerprint density at radius 2 is 2.30 bits per heavy atom. The molecular formula is C15H15N5OS2. The molecule has 3 rings (SSSR count). The van der Waals surface area contributed by atoms with Crippen molar-refractivity contribution in [2.45, 2.75) is 18.1 Å². The van der Waals surface area contributed by atoms with Gasteiger partial charge in [0.15, 0.2) is 0 Å². The number of nitrogens with one attached hydrogen (secondary N) is 2. The Kier molecular flexibility index (Phi) is 5.38. The van der Waals surface area contributed by atoms with Gasteiger partial charge in [-0.3, -0.25) is 14.9 Å². The Labute approximate surface area is 141 Å². The molecule has 0 fully saturated rings. The van der Waals surface area contributed by atoms with Crippen LogP contribution in [0.3, 0.4) is 0 Å². The second-order valence-corrected chi connectivity index (χ2v) is 6.72. The zero-order chi connectivity index (χ0) is 15.9. The van der Waals surface area contributed by atoms with Crippen LogP contribution < -0.4 is 5.32 Å². The van der Waals surface area contributed by atoms with Crippen LogP contribution in [-0.2, 0) is 17.8 Å². The lowest BCUT2D eigenvalue weighted by atomic mass is 10.3. The average molecular weight is 345 g/mol. The number of aromatic nitrogens is 4. The predicted molar refractivity (Wildman–Crippen MR) is 90.3 cm³/mol. The number of thioether (sulfide) groups is 1. The molecule has 0 atom stereocenters. The van der Waals surface area contributed by atoms with Crippen molar-refractivity contribution in [1.29, 1.82) is 0 Å². The molecule has 1 amide bonds. The van der Waals surface area contributed by atoms with Crippen molar-refractivity contribution >= 4 is 29.0 Å². The van der Waals surface area contributed by atoms with E-state index in [-0.39, 0.29) is 11.7 Å². The van der Waals surface area contributed by atoms with Crippen LogP contribution in [0.4, 0.5) is 0 Å². The third-order valence-corrected chi connectivity index (χ3v) is 4.70. The summed E-state index contributed by atoms with van der Waals surface area (Å²) in [5.41, 5.74) is 0.974. The van der Waals surface area contributed by atoms with Crippen LogP contribution in [0.1, 0.15) is 16.3 Å². The number of hydrogen-bond donors (Lipinski definition) is 2. The summed E-state index contributed by atoms with van der Waals surface area (Å²) in [7, 11) is 0. The fourth-order valence-electron chi connectivity index (χ4n) is 1.88. The maximum atomic E-state index is 11.8. The number of nitrogens with zero attached hydrogens (tertiary/aromatic N) is 3. The molecule has 8 heteroatoms. The van der Waals surface area contributed by atoms with Crippen molar-refractivity contribution in [1.82, 2.24) is 25.5 Å². The highest BCUT2D eigenvalue weighted by Crippen LogP contribution is 2.16. The van der Waals surface area contributed by atoms with E-state index in [4.69, 9.17) is 0 Å². The molecule has 0 spiro atoms. The molecule has 0 bridgehead atoms. The number of rotatable bonds is 7. The van der Waals surface area contributed by atoms with Crippen molar-refractivity contribution in [2.24, 2.45) is 0 Å². The number of amides is 1. The zero-order valence-electron chi connectivity index (χ0n) is 12.2. The third kappa shape index (κ3) is 4.90. The Morgan fingerprint density at radius 1 is 1.35 bits per heavy atom. The summed E-state index contributed by atoms with van der Waals surface area (Å²) in [6, 6.07) is 7.84. The van der Waals surface area contributed by atoms with E-state index in [1.54, 1.807) is 23.7 Å². The molecular weight excluding hydrogens is 330 g/mol. The van der Waals surface area contributed by atoms with E-state index < -0.39 is 0 Å². The summed E-state index contributed by atoms with van der Waals surface area (Å²) in [5, 5.41) is 12.5. The van der Waals surface area contributed by atoms with Crippen LogP contribution in [0.15, 0.2) is 47.2 Å². The van der Waals surface area contributed by atoms with Gasteiger partial charge in [0.25, 0.3) is 0 Å².